The first kappa shape index (κ1) is 16.7. The first-order valence-corrected chi connectivity index (χ1v) is 8.93. The number of halogens is 1. The van der Waals surface area contributed by atoms with Crippen molar-refractivity contribution in [3.05, 3.63) is 28.3 Å². The molecule has 1 aromatic rings. The van der Waals surface area contributed by atoms with Crippen molar-refractivity contribution in [3.8, 4) is 0 Å². The molecule has 0 spiro atoms. The van der Waals surface area contributed by atoms with Crippen LogP contribution >= 0.6 is 11.6 Å². The minimum atomic E-state index is -3.51. The molecule has 0 unspecified atom stereocenters. The molecule has 2 rings (SSSR count). The van der Waals surface area contributed by atoms with Crippen LogP contribution in [0.1, 0.15) is 18.1 Å². The van der Waals surface area contributed by atoms with Gasteiger partial charge in [0.15, 0.2) is 0 Å². The Hall–Kier alpha value is -0.660. The second-order valence-corrected chi connectivity index (χ2v) is 7.57. The van der Waals surface area contributed by atoms with E-state index in [0.29, 0.717) is 23.7 Å². The summed E-state index contributed by atoms with van der Waals surface area (Å²) in [4.78, 5) is 2.52. The average Bonchev–Trinajstić information content (AvgIpc) is 2.49. The Morgan fingerprint density at radius 1 is 1.24 bits per heavy atom. The minimum absolute atomic E-state index is 0.276. The smallest absolute Gasteiger partial charge is 0.243 e. The van der Waals surface area contributed by atoms with Gasteiger partial charge in [0.05, 0.1) is 4.90 Å². The van der Waals surface area contributed by atoms with Crippen LogP contribution in [0, 0.1) is 6.92 Å². The summed E-state index contributed by atoms with van der Waals surface area (Å²) in [6, 6.07) is 3.25. The summed E-state index contributed by atoms with van der Waals surface area (Å²) < 4.78 is 27.2. The fraction of sp³-hybridized carbons (Fsp3) is 0.571. The van der Waals surface area contributed by atoms with Crippen molar-refractivity contribution in [2.45, 2.75) is 25.3 Å². The van der Waals surface area contributed by atoms with E-state index in [9.17, 15) is 8.42 Å². The topological polar surface area (TPSA) is 66.6 Å². The van der Waals surface area contributed by atoms with Gasteiger partial charge in [-0.2, -0.15) is 4.31 Å². The van der Waals surface area contributed by atoms with Crippen LogP contribution in [0.3, 0.4) is 0 Å². The molecule has 1 saturated heterocycles. The zero-order valence-electron chi connectivity index (χ0n) is 12.5. The van der Waals surface area contributed by atoms with E-state index in [1.54, 1.807) is 13.0 Å². The van der Waals surface area contributed by atoms with Crippen molar-refractivity contribution >= 4 is 21.6 Å². The van der Waals surface area contributed by atoms with E-state index in [-0.39, 0.29) is 11.4 Å². The van der Waals surface area contributed by atoms with Crippen LogP contribution in [0.25, 0.3) is 0 Å². The van der Waals surface area contributed by atoms with Gasteiger partial charge >= 0.3 is 0 Å². The summed E-state index contributed by atoms with van der Waals surface area (Å²) in [6.45, 7) is 7.64. The molecule has 2 N–H and O–H groups in total. The highest BCUT2D eigenvalue weighted by atomic mass is 35.5. The summed E-state index contributed by atoms with van der Waals surface area (Å²) in [5, 5.41) is 0.409. The second-order valence-electron chi connectivity index (χ2n) is 5.23. The maximum atomic E-state index is 12.8. The number of nitrogens with zero attached hydrogens (tertiary/aromatic N) is 2. The lowest BCUT2D eigenvalue weighted by Crippen LogP contribution is -2.48. The standard InChI is InChI=1S/C14H22ClN3O2S/c1-3-17-4-6-18(7-5-17)21(19,20)14-9-13(15)8-12(10-16)11(14)2/h8-9H,3-7,10,16H2,1-2H3. The number of hydrogen-bond acceptors (Lipinski definition) is 4. The molecule has 1 aromatic carbocycles. The zero-order valence-corrected chi connectivity index (χ0v) is 14.0. The first-order chi connectivity index (χ1) is 9.90. The molecule has 0 bridgehead atoms. The van der Waals surface area contributed by atoms with Gasteiger partial charge in [-0.1, -0.05) is 18.5 Å². The highest BCUT2D eigenvalue weighted by Gasteiger charge is 2.30. The Balaban J connectivity index is 2.34. The molecule has 5 nitrogen and oxygen atoms in total. The van der Waals surface area contributed by atoms with E-state index < -0.39 is 10.0 Å². The van der Waals surface area contributed by atoms with E-state index in [1.165, 1.54) is 10.4 Å². The molecule has 0 atom stereocenters. The van der Waals surface area contributed by atoms with Crippen LogP contribution < -0.4 is 5.73 Å². The Kier molecular flexibility index (Phi) is 5.27. The molecule has 0 saturated carbocycles. The number of likely N-dealkylation sites (N-methyl/N-ethyl adjacent to an activating group) is 1. The Morgan fingerprint density at radius 3 is 2.38 bits per heavy atom. The number of rotatable bonds is 4. The molecule has 118 valence electrons. The Bertz CT molecular complexity index is 611. The molecule has 0 aliphatic carbocycles. The van der Waals surface area contributed by atoms with Crippen LogP contribution in [-0.4, -0.2) is 50.3 Å². The Labute approximate surface area is 131 Å². The normalized spacial score (nSPS) is 18.1. The molecule has 0 radical (unpaired) electrons. The number of hydrogen-bond donors (Lipinski definition) is 1. The van der Waals surface area contributed by atoms with Gasteiger partial charge in [0.25, 0.3) is 0 Å². The van der Waals surface area contributed by atoms with Crippen molar-refractivity contribution in [1.29, 1.82) is 0 Å². The van der Waals surface area contributed by atoms with E-state index in [0.717, 1.165) is 25.2 Å². The molecule has 0 amide bonds. The van der Waals surface area contributed by atoms with Gasteiger partial charge < -0.3 is 10.6 Å². The van der Waals surface area contributed by atoms with Crippen molar-refractivity contribution in [3.63, 3.8) is 0 Å². The Morgan fingerprint density at radius 2 is 1.86 bits per heavy atom. The summed E-state index contributed by atoms with van der Waals surface area (Å²) >= 11 is 6.04. The SMILES string of the molecule is CCN1CCN(S(=O)(=O)c2cc(Cl)cc(CN)c2C)CC1. The van der Waals surface area contributed by atoms with Crippen LogP contribution in [0.5, 0.6) is 0 Å². The third-order valence-electron chi connectivity index (χ3n) is 4.05. The third-order valence-corrected chi connectivity index (χ3v) is 6.29. The third kappa shape index (κ3) is 3.40. The van der Waals surface area contributed by atoms with Crippen molar-refractivity contribution in [2.24, 2.45) is 5.73 Å². The van der Waals surface area contributed by atoms with Crippen molar-refractivity contribution in [2.75, 3.05) is 32.7 Å². The van der Waals surface area contributed by atoms with Crippen LogP contribution in [0.4, 0.5) is 0 Å². The molecule has 1 heterocycles. The number of nitrogens with two attached hydrogens (primary N) is 1. The quantitative estimate of drug-likeness (QED) is 0.906. The van der Waals surface area contributed by atoms with E-state index in [2.05, 4.69) is 11.8 Å². The highest BCUT2D eigenvalue weighted by Crippen LogP contribution is 2.27. The maximum absolute atomic E-state index is 12.8. The van der Waals surface area contributed by atoms with Gasteiger partial charge in [-0.15, -0.1) is 0 Å². The fourth-order valence-corrected chi connectivity index (χ4v) is 4.63. The van der Waals surface area contributed by atoms with Crippen LogP contribution in [0.2, 0.25) is 5.02 Å². The lowest BCUT2D eigenvalue weighted by molar-refractivity contribution is 0.196. The molecule has 21 heavy (non-hydrogen) atoms. The molecule has 7 heteroatoms. The number of sulfonamides is 1. The molecule has 1 aliphatic rings. The van der Waals surface area contributed by atoms with Crippen molar-refractivity contribution < 1.29 is 8.42 Å². The van der Waals surface area contributed by atoms with E-state index in [1.807, 2.05) is 0 Å². The van der Waals surface area contributed by atoms with Gasteiger partial charge in [-0.25, -0.2) is 8.42 Å². The van der Waals surface area contributed by atoms with Gasteiger partial charge in [0.2, 0.25) is 10.0 Å². The van der Waals surface area contributed by atoms with E-state index in [4.69, 9.17) is 17.3 Å². The van der Waals surface area contributed by atoms with Crippen molar-refractivity contribution in [1.82, 2.24) is 9.21 Å². The van der Waals surface area contributed by atoms with Gasteiger partial charge in [0.1, 0.15) is 0 Å². The second kappa shape index (κ2) is 6.62. The fourth-order valence-electron chi connectivity index (χ4n) is 2.61. The molecular weight excluding hydrogens is 310 g/mol. The summed E-state index contributed by atoms with van der Waals surface area (Å²) in [7, 11) is -3.51. The highest BCUT2D eigenvalue weighted by molar-refractivity contribution is 7.89. The molecular formula is C14H22ClN3O2S. The van der Waals surface area contributed by atoms with Gasteiger partial charge in [-0.05, 0) is 36.7 Å². The van der Waals surface area contributed by atoms with E-state index >= 15 is 0 Å². The van der Waals surface area contributed by atoms with Crippen LogP contribution in [-0.2, 0) is 16.6 Å². The monoisotopic (exact) mass is 331 g/mol. The number of piperazine rings is 1. The lowest BCUT2D eigenvalue weighted by atomic mass is 10.1. The summed E-state index contributed by atoms with van der Waals surface area (Å²) in [5.74, 6) is 0. The van der Waals surface area contributed by atoms with Gasteiger partial charge in [0, 0.05) is 37.7 Å². The minimum Gasteiger partial charge on any atom is -0.326 e. The maximum Gasteiger partial charge on any atom is 0.243 e. The zero-order chi connectivity index (χ0) is 15.6. The van der Waals surface area contributed by atoms with Gasteiger partial charge in [-0.3, -0.25) is 0 Å². The summed E-state index contributed by atoms with van der Waals surface area (Å²) in [5.41, 5.74) is 7.14. The lowest BCUT2D eigenvalue weighted by Gasteiger charge is -2.33. The largest absolute Gasteiger partial charge is 0.326 e. The molecule has 0 aromatic heterocycles. The first-order valence-electron chi connectivity index (χ1n) is 7.11. The van der Waals surface area contributed by atoms with Crippen LogP contribution in [0.15, 0.2) is 17.0 Å². The predicted octanol–water partition coefficient (Wildman–Crippen LogP) is 1.43. The number of benzene rings is 1. The molecule has 1 aliphatic heterocycles. The average molecular weight is 332 g/mol. The predicted molar refractivity (Wildman–Crippen MR) is 85.0 cm³/mol. The molecule has 1 fully saturated rings. The summed E-state index contributed by atoms with van der Waals surface area (Å²) in [6.07, 6.45) is 0.